The third kappa shape index (κ3) is 8.14. The molecule has 2 aromatic carbocycles. The van der Waals surface area contributed by atoms with Gasteiger partial charge in [0.1, 0.15) is 11.5 Å². The smallest absolute Gasteiger partial charge is 0.253 e. The number of nitrogens with one attached hydrogen (secondary N) is 4. The van der Waals surface area contributed by atoms with Gasteiger partial charge in [0, 0.05) is 52.5 Å². The minimum Gasteiger partial charge on any atom is -0.378 e. The number of fused-ring (bicyclic) bond motifs is 2. The summed E-state index contributed by atoms with van der Waals surface area (Å²) in [5.41, 5.74) is 10.6. The molecule has 248 valence electrons. The van der Waals surface area contributed by atoms with Gasteiger partial charge < -0.3 is 20.4 Å². The van der Waals surface area contributed by atoms with Crippen LogP contribution in [0.15, 0.2) is 43.0 Å². The highest BCUT2D eigenvalue weighted by Crippen LogP contribution is 2.44. The van der Waals surface area contributed by atoms with Gasteiger partial charge in [-0.3, -0.25) is 19.8 Å². The van der Waals surface area contributed by atoms with Crippen LogP contribution < -0.4 is 21.5 Å². The molecule has 0 aliphatic heterocycles. The second-order valence-corrected chi connectivity index (χ2v) is 12.9. The highest BCUT2D eigenvalue weighted by Gasteiger charge is 2.47. The van der Waals surface area contributed by atoms with Crippen molar-refractivity contribution in [1.82, 2.24) is 31.3 Å². The second-order valence-electron chi connectivity index (χ2n) is 12.9. The predicted molar refractivity (Wildman–Crippen MR) is 183 cm³/mol. The molecule has 46 heavy (non-hydrogen) atoms. The normalized spacial score (nSPS) is 17.2. The number of nitrogens with zero attached hydrogens (tertiary/aromatic N) is 3. The number of hydrogen-bond acceptors (Lipinski definition) is 7. The molecule has 0 bridgehead atoms. The van der Waals surface area contributed by atoms with Crippen molar-refractivity contribution in [2.45, 2.75) is 70.4 Å². The molecule has 0 heterocycles. The van der Waals surface area contributed by atoms with Crippen LogP contribution in [-0.4, -0.2) is 81.4 Å². The largest absolute Gasteiger partial charge is 0.378 e. The Kier molecular flexibility index (Phi) is 12.5. The van der Waals surface area contributed by atoms with Gasteiger partial charge in [-0.2, -0.15) is 5.26 Å². The zero-order valence-electron chi connectivity index (χ0n) is 28.7. The Morgan fingerprint density at radius 3 is 2.09 bits per heavy atom. The molecule has 0 spiro atoms. The van der Waals surface area contributed by atoms with E-state index in [1.165, 1.54) is 0 Å². The summed E-state index contributed by atoms with van der Waals surface area (Å²) in [4.78, 5) is 43.8. The van der Waals surface area contributed by atoms with E-state index < -0.39 is 11.5 Å². The Morgan fingerprint density at radius 2 is 1.57 bits per heavy atom. The summed E-state index contributed by atoms with van der Waals surface area (Å²) in [6, 6.07) is 13.1. The van der Waals surface area contributed by atoms with E-state index in [9.17, 15) is 19.6 Å². The first kappa shape index (κ1) is 36.3. The maximum atomic E-state index is 14.4. The fraction of sp³-hybridized carbons (Fsp3) is 0.500. The van der Waals surface area contributed by atoms with E-state index in [2.05, 4.69) is 54.0 Å². The van der Waals surface area contributed by atoms with E-state index in [1.54, 1.807) is 32.1 Å². The number of amides is 3. The van der Waals surface area contributed by atoms with Crippen molar-refractivity contribution in [3.63, 3.8) is 0 Å². The average Bonchev–Trinajstić information content (AvgIpc) is 3.16. The summed E-state index contributed by atoms with van der Waals surface area (Å²) in [5, 5.41) is 15.7. The summed E-state index contributed by atoms with van der Waals surface area (Å²) >= 11 is 0. The Balaban J connectivity index is 2.09. The van der Waals surface area contributed by atoms with Gasteiger partial charge >= 0.3 is 0 Å². The number of carbonyl (C=O) groups is 3. The van der Waals surface area contributed by atoms with Gasteiger partial charge in [-0.05, 0) is 84.5 Å². The molecule has 0 aromatic heterocycles. The Labute approximate surface area is 274 Å². The van der Waals surface area contributed by atoms with Crippen molar-refractivity contribution in [2.24, 2.45) is 5.92 Å². The molecule has 2 unspecified atom stereocenters. The summed E-state index contributed by atoms with van der Waals surface area (Å²) in [5.74, 6) is -0.289. The monoisotopic (exact) mass is 629 g/mol. The van der Waals surface area contributed by atoms with Gasteiger partial charge in [-0.1, -0.05) is 45.0 Å². The lowest BCUT2D eigenvalue weighted by molar-refractivity contribution is -0.126. The first-order valence-corrected chi connectivity index (χ1v) is 16.0. The molecule has 0 fully saturated rings. The van der Waals surface area contributed by atoms with E-state index in [-0.39, 0.29) is 30.3 Å². The molecule has 4 atom stereocenters. The number of carbonyl (C=O) groups excluding carboxylic acids is 3. The molecule has 10 nitrogen and oxygen atoms in total. The molecule has 2 aromatic rings. The molecule has 10 heteroatoms. The Bertz CT molecular complexity index is 1400. The fourth-order valence-electron chi connectivity index (χ4n) is 6.21. The van der Waals surface area contributed by atoms with Crippen LogP contribution in [0.25, 0.3) is 5.70 Å². The standard InChI is InChI=1S/C36H51N7O3/c1-10-23(2)17-30(21-37)40-33(44)22-39-24(3)20-36(35(46)41-38-5)31-15-13-26(25(4)42(6)7)18-27(31)11-12-28-19-29(14-16-32(28)36)34(45)43(8)9/h13-16,18-19,23-24,30,38-39H,4,10-12,17,20,22H2,1-3,5-9H3,(H,40,44)(H,41,46)/t23-,24-,30?,36?/m0/s1. The van der Waals surface area contributed by atoms with Crippen molar-refractivity contribution >= 4 is 23.4 Å². The van der Waals surface area contributed by atoms with Gasteiger partial charge in [0.2, 0.25) is 11.8 Å². The highest BCUT2D eigenvalue weighted by molar-refractivity contribution is 5.96. The third-order valence-electron chi connectivity index (χ3n) is 9.00. The van der Waals surface area contributed by atoms with E-state index >= 15 is 0 Å². The van der Waals surface area contributed by atoms with E-state index in [0.717, 1.165) is 39.9 Å². The molecule has 3 amide bonds. The first-order valence-electron chi connectivity index (χ1n) is 16.0. The van der Waals surface area contributed by atoms with Crippen LogP contribution in [0.5, 0.6) is 0 Å². The van der Waals surface area contributed by atoms with Gasteiger partial charge in [-0.25, -0.2) is 5.43 Å². The zero-order valence-corrected chi connectivity index (χ0v) is 28.7. The number of hydrogen-bond donors (Lipinski definition) is 4. The molecular formula is C36H51N7O3. The molecule has 1 aliphatic rings. The Morgan fingerprint density at radius 1 is 0.978 bits per heavy atom. The van der Waals surface area contributed by atoms with E-state index in [1.807, 2.05) is 50.2 Å². The van der Waals surface area contributed by atoms with Gasteiger partial charge in [-0.15, -0.1) is 0 Å². The van der Waals surface area contributed by atoms with Gasteiger partial charge in [0.15, 0.2) is 0 Å². The zero-order chi connectivity index (χ0) is 34.2. The van der Waals surface area contributed by atoms with Crippen LogP contribution in [0.4, 0.5) is 0 Å². The summed E-state index contributed by atoms with van der Waals surface area (Å²) < 4.78 is 0. The predicted octanol–water partition coefficient (Wildman–Crippen LogP) is 3.37. The second kappa shape index (κ2) is 15.9. The quantitative estimate of drug-likeness (QED) is 0.236. The number of hydrazine groups is 1. The van der Waals surface area contributed by atoms with Crippen LogP contribution in [0.3, 0.4) is 0 Å². The minimum atomic E-state index is -1.16. The van der Waals surface area contributed by atoms with Crippen LogP contribution >= 0.6 is 0 Å². The van der Waals surface area contributed by atoms with Crippen LogP contribution in [0, 0.1) is 17.2 Å². The summed E-state index contributed by atoms with van der Waals surface area (Å²) in [6.07, 6.45) is 3.16. The molecule has 0 saturated carbocycles. The molecular weight excluding hydrogens is 578 g/mol. The van der Waals surface area contributed by atoms with Crippen LogP contribution in [0.1, 0.15) is 78.2 Å². The molecule has 4 N–H and O–H groups in total. The lowest BCUT2D eigenvalue weighted by atomic mass is 9.67. The lowest BCUT2D eigenvalue weighted by Gasteiger charge is -2.37. The summed E-state index contributed by atoms with van der Waals surface area (Å²) in [6.45, 7) is 10.3. The number of rotatable bonds is 14. The van der Waals surface area contributed by atoms with Gasteiger partial charge in [0.25, 0.3) is 5.91 Å². The lowest BCUT2D eigenvalue weighted by Crippen LogP contribution is -2.53. The maximum absolute atomic E-state index is 14.4. The Hall–Kier alpha value is -4.20. The van der Waals surface area contributed by atoms with E-state index in [4.69, 9.17) is 0 Å². The SMILES string of the molecule is C=C(c1ccc2c(c1)CCc1cc(C(=O)N(C)C)ccc1C2(C[C@H](C)NCC(=O)NC(C#N)C[C@@H](C)CC)C(=O)NNC)N(C)C. The highest BCUT2D eigenvalue weighted by atomic mass is 16.2. The maximum Gasteiger partial charge on any atom is 0.253 e. The topological polar surface area (TPSA) is 130 Å². The van der Waals surface area contributed by atoms with Gasteiger partial charge in [0.05, 0.1) is 12.6 Å². The molecule has 0 radical (unpaired) electrons. The van der Waals surface area contributed by atoms with Crippen molar-refractivity contribution in [3.8, 4) is 6.07 Å². The average molecular weight is 630 g/mol. The van der Waals surface area contributed by atoms with Crippen molar-refractivity contribution < 1.29 is 14.4 Å². The molecule has 1 aliphatic carbocycles. The molecule has 0 saturated heterocycles. The fourth-order valence-corrected chi connectivity index (χ4v) is 6.21. The number of benzene rings is 2. The summed E-state index contributed by atoms with van der Waals surface area (Å²) in [7, 11) is 9.00. The minimum absolute atomic E-state index is 0.00116. The third-order valence-corrected chi connectivity index (χ3v) is 9.00. The first-order chi connectivity index (χ1) is 21.8. The van der Waals surface area contributed by atoms with Crippen molar-refractivity contribution in [2.75, 3.05) is 41.8 Å². The van der Waals surface area contributed by atoms with Crippen molar-refractivity contribution in [1.29, 1.82) is 5.26 Å². The van der Waals surface area contributed by atoms with Crippen LogP contribution in [-0.2, 0) is 27.8 Å². The molecule has 3 rings (SSSR count). The van der Waals surface area contributed by atoms with Crippen molar-refractivity contribution in [3.05, 3.63) is 76.4 Å². The number of nitriles is 1. The number of aryl methyl sites for hydroxylation is 2. The van der Waals surface area contributed by atoms with Crippen LogP contribution in [0.2, 0.25) is 0 Å². The van der Waals surface area contributed by atoms with E-state index in [0.29, 0.717) is 37.2 Å².